The summed E-state index contributed by atoms with van der Waals surface area (Å²) in [6, 6.07) is 49.0. The number of carbonyl (C=O) groups excluding carboxylic acids is 14. The quantitative estimate of drug-likeness (QED) is 0.0174. The number of rotatable bonds is 46. The zero-order chi connectivity index (χ0) is 99.8. The third-order valence-electron chi connectivity index (χ3n) is 24.3. The molecule has 29 nitrogen and oxygen atoms in total. The molecular formula is C106H141N13O16S. The molecule has 1 saturated heterocycles. The molecule has 8 rings (SSSR count). The van der Waals surface area contributed by atoms with Crippen LogP contribution in [0.15, 0.2) is 212 Å². The fourth-order valence-electron chi connectivity index (χ4n) is 16.8. The summed E-state index contributed by atoms with van der Waals surface area (Å²) >= 11 is 0.934. The lowest BCUT2D eigenvalue weighted by Gasteiger charge is -2.41. The average Bonchev–Trinajstić information content (AvgIpc) is 0.747. The summed E-state index contributed by atoms with van der Waals surface area (Å²) in [5.74, 6) is -10.2. The molecule has 732 valence electrons. The number of nitrogens with zero attached hydrogens (tertiary/aromatic N) is 6. The van der Waals surface area contributed by atoms with Gasteiger partial charge in [0.15, 0.2) is 5.12 Å². The first kappa shape index (κ1) is 109. The molecule has 0 aromatic heterocycles. The van der Waals surface area contributed by atoms with Gasteiger partial charge in [0.1, 0.15) is 77.7 Å². The van der Waals surface area contributed by atoms with Gasteiger partial charge in [-0.2, -0.15) is 0 Å². The number of hydrogen-bond donors (Lipinski definition) is 7. The molecule has 0 saturated carbocycles. The molecule has 13 amide bonds. The molecule has 136 heavy (non-hydrogen) atoms. The first-order valence-electron chi connectivity index (χ1n) is 47.1. The van der Waals surface area contributed by atoms with Gasteiger partial charge in [0.2, 0.25) is 70.9 Å². The SMILES string of the molecule is CC(C)C[C@@H](C(=O)N(C)[C@H](C(=O)N[C@@H](Cc1ccccc1)C(=O)N[C@@H](CC(=O)SCc1ccccc1)C(=O)N(C)[C@@H](Cc1ccccc1)C(=O)N[C@@H](C)C(=O)N1CCCCC1)C(C)C)N(C)C(=O)CNC(=O)[C@H](Cc1ccccc1)N(C)C(=O)[C@@H](NC(=O)[C@H](CC(C)C)N(C)C(=O)[C@@H](NC(=O)[C@H](C)NC(=O)OC(C)(C)C)C(C)C)[C@@H](C)OC(c1ccccc1)(c1ccccc1)c1ccccc1. The highest BCUT2D eigenvalue weighted by atomic mass is 32.2. The summed E-state index contributed by atoms with van der Waals surface area (Å²) in [5.41, 5.74) is 2.24. The van der Waals surface area contributed by atoms with Crippen LogP contribution >= 0.6 is 11.8 Å². The Morgan fingerprint density at radius 1 is 0.382 bits per heavy atom. The summed E-state index contributed by atoms with van der Waals surface area (Å²) in [4.78, 5) is 217. The van der Waals surface area contributed by atoms with Crippen molar-refractivity contribution >= 4 is 93.9 Å². The monoisotopic (exact) mass is 1880 g/mol. The third-order valence-corrected chi connectivity index (χ3v) is 25.3. The Bertz CT molecular complexity index is 5010. The van der Waals surface area contributed by atoms with Crippen LogP contribution in [-0.4, -0.2) is 245 Å². The lowest BCUT2D eigenvalue weighted by atomic mass is 9.79. The smallest absolute Gasteiger partial charge is 0.408 e. The molecule has 7 N–H and O–H groups in total. The van der Waals surface area contributed by atoms with Crippen LogP contribution in [-0.2, 0) is 102 Å². The molecule has 0 aliphatic carbocycles. The molecule has 1 heterocycles. The largest absolute Gasteiger partial charge is 0.444 e. The van der Waals surface area contributed by atoms with Crippen molar-refractivity contribution in [2.45, 2.75) is 244 Å². The first-order valence-corrected chi connectivity index (χ1v) is 48.1. The van der Waals surface area contributed by atoms with Crippen LogP contribution in [0.25, 0.3) is 0 Å². The fourth-order valence-corrected chi connectivity index (χ4v) is 17.6. The topological polar surface area (TPSA) is 361 Å². The van der Waals surface area contributed by atoms with Crippen molar-refractivity contribution in [2.24, 2.45) is 23.7 Å². The van der Waals surface area contributed by atoms with Gasteiger partial charge in [-0.25, -0.2) is 4.79 Å². The summed E-state index contributed by atoms with van der Waals surface area (Å²) in [6.07, 6.45) is -0.332. The maximum absolute atomic E-state index is 16.5. The van der Waals surface area contributed by atoms with Gasteiger partial charge in [0.25, 0.3) is 0 Å². The Morgan fingerprint density at radius 2 is 0.794 bits per heavy atom. The molecule has 12 atom stereocenters. The van der Waals surface area contributed by atoms with E-state index in [0.29, 0.717) is 46.5 Å². The summed E-state index contributed by atoms with van der Waals surface area (Å²) in [7, 11) is 7.06. The van der Waals surface area contributed by atoms with Crippen molar-refractivity contribution in [1.29, 1.82) is 0 Å². The maximum Gasteiger partial charge on any atom is 0.408 e. The molecule has 7 aromatic carbocycles. The lowest BCUT2D eigenvalue weighted by Crippen LogP contribution is -2.63. The highest BCUT2D eigenvalue weighted by Crippen LogP contribution is 2.42. The molecule has 0 radical (unpaired) electrons. The van der Waals surface area contributed by atoms with E-state index in [2.05, 4.69) is 37.2 Å². The number of thioether (sulfide) groups is 1. The minimum absolute atomic E-state index is 0.0181. The number of likely N-dealkylation sites (tertiary alicyclic amines) is 1. The standard InChI is InChI=1S/C106H141N13O16S/c1-68(2)60-84(116(17)102(131)90(70(5)6)112-93(122)72(9)109-104(133)135-105(12,13)14)97(126)113-91(74(11)134-106(79-52-36-24-37-53-79,80-54-38-25-39-55-80)81-56-40-26-41-57-81)103(132)117(18)85(63-76-46-30-21-31-47-76)95(124)107-66-88(120)114(15)87(61-69(3)4)101(130)118(19)92(71(7)8)98(127)110-82(62-75-44-28-20-29-45-75)94(123)111-83(65-89(121)136-67-78-50-34-23-35-51-78)100(129)115(16)86(64-77-48-32-22-33-49-77)96(125)108-73(10)99(128)119-58-42-27-43-59-119/h20-26,28-41,44-57,68-74,82-87,90-92H,27,42-43,58-67H2,1-19H3,(H,107,124)(H,108,125)(H,109,133)(H,110,127)(H,111,123)(H,112,122)(H,113,126)/t72-,73-,74+,82-,83-,84-,85-,86-,87-,90-,91-,92-/m0/s1. The number of nitrogens with one attached hydrogen (secondary N) is 7. The first-order chi connectivity index (χ1) is 64.5. The van der Waals surface area contributed by atoms with Crippen molar-refractivity contribution in [3.63, 3.8) is 0 Å². The van der Waals surface area contributed by atoms with Gasteiger partial charge in [0, 0.05) is 79.8 Å². The van der Waals surface area contributed by atoms with Gasteiger partial charge in [-0.15, -0.1) is 0 Å². The summed E-state index contributed by atoms with van der Waals surface area (Å²) in [6.45, 7) is 24.3. The van der Waals surface area contributed by atoms with Crippen molar-refractivity contribution in [3.8, 4) is 0 Å². The van der Waals surface area contributed by atoms with E-state index in [-0.39, 0.29) is 55.6 Å². The van der Waals surface area contributed by atoms with Crippen LogP contribution in [0, 0.1) is 23.7 Å². The average molecular weight is 1890 g/mol. The second-order valence-corrected chi connectivity index (χ2v) is 38.9. The van der Waals surface area contributed by atoms with Gasteiger partial charge in [-0.3, -0.25) is 62.3 Å². The van der Waals surface area contributed by atoms with E-state index in [1.807, 2.05) is 149 Å². The molecule has 0 spiro atoms. The lowest BCUT2D eigenvalue weighted by molar-refractivity contribution is -0.151. The van der Waals surface area contributed by atoms with E-state index in [1.54, 1.807) is 158 Å². The minimum Gasteiger partial charge on any atom is -0.444 e. The Kier molecular flexibility index (Phi) is 41.5. The predicted octanol–water partition coefficient (Wildman–Crippen LogP) is 11.0. The van der Waals surface area contributed by atoms with Crippen LogP contribution < -0.4 is 37.2 Å². The van der Waals surface area contributed by atoms with E-state index in [9.17, 15) is 24.0 Å². The van der Waals surface area contributed by atoms with Crippen molar-refractivity contribution < 1.29 is 76.6 Å². The van der Waals surface area contributed by atoms with E-state index >= 15 is 43.2 Å². The van der Waals surface area contributed by atoms with Crippen molar-refractivity contribution in [1.82, 2.24) is 66.6 Å². The number of piperidine rings is 1. The minimum atomic E-state index is -1.69. The Balaban J connectivity index is 1.09. The van der Waals surface area contributed by atoms with Gasteiger partial charge in [-0.1, -0.05) is 279 Å². The molecule has 0 unspecified atom stereocenters. The van der Waals surface area contributed by atoms with Crippen molar-refractivity contribution in [3.05, 3.63) is 251 Å². The second-order valence-electron chi connectivity index (χ2n) is 37.9. The van der Waals surface area contributed by atoms with Gasteiger partial charge >= 0.3 is 6.09 Å². The van der Waals surface area contributed by atoms with Crippen LogP contribution in [0.1, 0.15) is 174 Å². The molecule has 1 aliphatic rings. The third kappa shape index (κ3) is 31.2. The van der Waals surface area contributed by atoms with E-state index in [0.717, 1.165) is 36.6 Å². The van der Waals surface area contributed by atoms with Crippen LogP contribution in [0.5, 0.6) is 0 Å². The number of hydrogen-bond acceptors (Lipinski definition) is 17. The summed E-state index contributed by atoms with van der Waals surface area (Å²) in [5, 5.41) is 19.3. The van der Waals surface area contributed by atoms with Crippen LogP contribution in [0.2, 0.25) is 0 Å². The predicted molar refractivity (Wildman–Crippen MR) is 527 cm³/mol. The fraction of sp³-hybridized carbons (Fsp3) is 0.472. The summed E-state index contributed by atoms with van der Waals surface area (Å²) < 4.78 is 12.9. The highest BCUT2D eigenvalue weighted by Gasteiger charge is 2.47. The van der Waals surface area contributed by atoms with E-state index < -0.39 is 185 Å². The molecule has 1 aliphatic heterocycles. The van der Waals surface area contributed by atoms with Crippen molar-refractivity contribution in [2.75, 3.05) is 54.9 Å². The number of amides is 13. The molecule has 7 aromatic rings. The number of likely N-dealkylation sites (N-methyl/N-ethyl adjacent to an activating group) is 5. The number of alkyl carbamates (subject to hydrolysis) is 1. The van der Waals surface area contributed by atoms with Crippen LogP contribution in [0.3, 0.4) is 0 Å². The molecular weight excluding hydrogens is 1740 g/mol. The zero-order valence-corrected chi connectivity index (χ0v) is 83.1. The molecule has 30 heteroatoms. The highest BCUT2D eigenvalue weighted by molar-refractivity contribution is 8.12. The zero-order valence-electron chi connectivity index (χ0n) is 82.3. The number of ether oxygens (including phenoxy) is 2. The van der Waals surface area contributed by atoms with Crippen LogP contribution in [0.4, 0.5) is 4.79 Å². The van der Waals surface area contributed by atoms with E-state index in [4.69, 9.17) is 9.47 Å². The van der Waals surface area contributed by atoms with Gasteiger partial charge in [0.05, 0.1) is 12.6 Å². The van der Waals surface area contributed by atoms with Gasteiger partial charge < -0.3 is 76.1 Å². The normalized spacial score (nSPS) is 14.9. The maximum atomic E-state index is 16.5. The Morgan fingerprint density at radius 3 is 1.26 bits per heavy atom. The number of carbonyl (C=O) groups is 14. The van der Waals surface area contributed by atoms with E-state index in [1.165, 1.54) is 66.7 Å². The molecule has 0 bridgehead atoms. The second kappa shape index (κ2) is 51.9. The Labute approximate surface area is 806 Å². The molecule has 1 fully saturated rings. The number of benzene rings is 7. The van der Waals surface area contributed by atoms with Gasteiger partial charge in [-0.05, 0) is 136 Å². The Hall–Kier alpha value is -12.6.